The summed E-state index contributed by atoms with van der Waals surface area (Å²) in [5.74, 6) is -0.596. The Hall–Kier alpha value is -0.920. The molecule has 21 heavy (non-hydrogen) atoms. The third kappa shape index (κ3) is 4.28. The van der Waals surface area contributed by atoms with Gasteiger partial charge in [-0.05, 0) is 44.0 Å². The van der Waals surface area contributed by atoms with Crippen LogP contribution in [-0.4, -0.2) is 27.0 Å². The van der Waals surface area contributed by atoms with E-state index in [4.69, 9.17) is 4.74 Å². The van der Waals surface area contributed by atoms with E-state index in [1.165, 1.54) is 20.1 Å². The van der Waals surface area contributed by atoms with Crippen molar-refractivity contribution in [2.75, 3.05) is 7.11 Å². The zero-order valence-corrected chi connectivity index (χ0v) is 15.0. The molecule has 118 valence electrons. The maximum Gasteiger partial charge on any atom is 0.326 e. The Balaban J connectivity index is 3.17. The monoisotopic (exact) mass is 377 g/mol. The van der Waals surface area contributed by atoms with Gasteiger partial charge in [-0.3, -0.25) is 4.79 Å². The molecule has 0 amide bonds. The predicted octanol–water partition coefficient (Wildman–Crippen LogP) is 2.77. The highest BCUT2D eigenvalue weighted by Gasteiger charge is 2.38. The molecule has 1 aromatic rings. The molecular weight excluding hydrogens is 358 g/mol. The number of carbonyl (C=O) groups excluding carboxylic acids is 1. The van der Waals surface area contributed by atoms with Crippen LogP contribution in [0.4, 0.5) is 0 Å². The molecule has 0 bridgehead atoms. The Morgan fingerprint density at radius 1 is 1.43 bits per heavy atom. The lowest BCUT2D eigenvalue weighted by Crippen LogP contribution is -2.52. The van der Waals surface area contributed by atoms with Crippen LogP contribution in [0.5, 0.6) is 0 Å². The number of hydrogen-bond donors (Lipinski definition) is 1. The summed E-state index contributed by atoms with van der Waals surface area (Å²) < 4.78 is 33.0. The van der Waals surface area contributed by atoms with E-state index < -0.39 is 21.5 Å². The van der Waals surface area contributed by atoms with Crippen LogP contribution >= 0.6 is 15.9 Å². The molecule has 0 aromatic heterocycles. The minimum absolute atomic E-state index is 0.120. The van der Waals surface area contributed by atoms with Crippen LogP contribution in [0.3, 0.4) is 0 Å². The molecule has 0 unspecified atom stereocenters. The molecular formula is C14H20BrNO4S. The SMILES string of the molecule is CCC[C@@](C)(NS(=O)(=O)c1ccc(Br)c(C)c1)C(=O)OC. The highest BCUT2D eigenvalue weighted by atomic mass is 79.9. The topological polar surface area (TPSA) is 72.5 Å². The summed E-state index contributed by atoms with van der Waals surface area (Å²) in [5, 5.41) is 0. The van der Waals surface area contributed by atoms with E-state index in [1.54, 1.807) is 19.1 Å². The summed E-state index contributed by atoms with van der Waals surface area (Å²) in [6.45, 7) is 5.21. The number of carbonyl (C=O) groups is 1. The lowest BCUT2D eigenvalue weighted by Gasteiger charge is -2.27. The van der Waals surface area contributed by atoms with Crippen LogP contribution in [0.2, 0.25) is 0 Å². The van der Waals surface area contributed by atoms with Gasteiger partial charge in [-0.25, -0.2) is 8.42 Å². The number of sulfonamides is 1. The third-order valence-electron chi connectivity index (χ3n) is 3.19. The number of rotatable bonds is 6. The number of ether oxygens (including phenoxy) is 1. The summed E-state index contributed by atoms with van der Waals surface area (Å²) in [7, 11) is -2.56. The highest BCUT2D eigenvalue weighted by Crippen LogP contribution is 2.23. The lowest BCUT2D eigenvalue weighted by atomic mass is 9.98. The first-order valence-corrected chi connectivity index (χ1v) is 8.82. The van der Waals surface area contributed by atoms with E-state index in [2.05, 4.69) is 20.7 Å². The number of esters is 1. The average Bonchev–Trinajstić information content (AvgIpc) is 2.40. The van der Waals surface area contributed by atoms with Gasteiger partial charge in [0.25, 0.3) is 0 Å². The van der Waals surface area contributed by atoms with E-state index in [0.29, 0.717) is 12.8 Å². The molecule has 7 heteroatoms. The first-order valence-electron chi connectivity index (χ1n) is 6.55. The number of hydrogen-bond acceptors (Lipinski definition) is 4. The van der Waals surface area contributed by atoms with Crippen LogP contribution in [0.1, 0.15) is 32.3 Å². The molecule has 0 aliphatic heterocycles. The summed E-state index contributed by atoms with van der Waals surface area (Å²) in [5.41, 5.74) is -0.475. The van der Waals surface area contributed by atoms with Crippen LogP contribution in [0.15, 0.2) is 27.6 Å². The van der Waals surface area contributed by atoms with Crippen molar-refractivity contribution in [1.29, 1.82) is 0 Å². The smallest absolute Gasteiger partial charge is 0.326 e. The molecule has 5 nitrogen and oxygen atoms in total. The van der Waals surface area contributed by atoms with E-state index in [1.807, 2.05) is 6.92 Å². The second-order valence-corrected chi connectivity index (χ2v) is 7.63. The van der Waals surface area contributed by atoms with Gasteiger partial charge in [0.15, 0.2) is 0 Å². The molecule has 1 rings (SSSR count). The molecule has 0 saturated carbocycles. The maximum absolute atomic E-state index is 12.5. The minimum Gasteiger partial charge on any atom is -0.468 e. The molecule has 0 radical (unpaired) electrons. The lowest BCUT2D eigenvalue weighted by molar-refractivity contribution is -0.147. The number of aryl methyl sites for hydroxylation is 1. The molecule has 0 fully saturated rings. The molecule has 1 atom stereocenters. The van der Waals surface area contributed by atoms with Crippen LogP contribution in [-0.2, 0) is 19.6 Å². The van der Waals surface area contributed by atoms with Gasteiger partial charge in [0, 0.05) is 4.47 Å². The standard InChI is InChI=1S/C14H20BrNO4S/c1-5-8-14(3,13(17)20-4)16-21(18,19)11-6-7-12(15)10(2)9-11/h6-7,9,16H,5,8H2,1-4H3/t14-/m1/s1. The van der Waals surface area contributed by atoms with Crippen molar-refractivity contribution in [3.05, 3.63) is 28.2 Å². The van der Waals surface area contributed by atoms with Crippen LogP contribution in [0, 0.1) is 6.92 Å². The Morgan fingerprint density at radius 2 is 2.05 bits per heavy atom. The third-order valence-corrected chi connectivity index (χ3v) is 5.67. The van der Waals surface area contributed by atoms with E-state index in [0.717, 1.165) is 10.0 Å². The van der Waals surface area contributed by atoms with Gasteiger partial charge in [-0.2, -0.15) is 4.72 Å². The Labute approximate surface area is 134 Å². The summed E-state index contributed by atoms with van der Waals surface area (Å²) in [6.07, 6.45) is 1.00. The molecule has 1 N–H and O–H groups in total. The van der Waals surface area contributed by atoms with Gasteiger partial charge < -0.3 is 4.74 Å². The normalized spacial score (nSPS) is 14.5. The molecule has 0 aliphatic rings. The van der Waals surface area contributed by atoms with Gasteiger partial charge in [-0.15, -0.1) is 0 Å². The Morgan fingerprint density at radius 3 is 2.52 bits per heavy atom. The van der Waals surface area contributed by atoms with Crippen molar-refractivity contribution < 1.29 is 17.9 Å². The quantitative estimate of drug-likeness (QED) is 0.773. The first kappa shape index (κ1) is 18.1. The van der Waals surface area contributed by atoms with Crippen molar-refractivity contribution in [1.82, 2.24) is 4.72 Å². The Bertz CT molecular complexity index is 630. The van der Waals surface area contributed by atoms with Crippen LogP contribution < -0.4 is 4.72 Å². The van der Waals surface area contributed by atoms with E-state index in [-0.39, 0.29) is 4.90 Å². The van der Waals surface area contributed by atoms with Gasteiger partial charge in [0.05, 0.1) is 12.0 Å². The molecule has 0 heterocycles. The minimum atomic E-state index is -3.81. The maximum atomic E-state index is 12.5. The van der Waals surface area contributed by atoms with Gasteiger partial charge in [-0.1, -0.05) is 29.3 Å². The fraction of sp³-hybridized carbons (Fsp3) is 0.500. The zero-order chi connectivity index (χ0) is 16.3. The number of benzene rings is 1. The average molecular weight is 378 g/mol. The second-order valence-electron chi connectivity index (χ2n) is 5.09. The van der Waals surface area contributed by atoms with E-state index in [9.17, 15) is 13.2 Å². The van der Waals surface area contributed by atoms with Gasteiger partial charge in [0.1, 0.15) is 5.54 Å². The predicted molar refractivity (Wildman–Crippen MR) is 84.5 cm³/mol. The van der Waals surface area contributed by atoms with Crippen molar-refractivity contribution in [3.63, 3.8) is 0 Å². The number of halogens is 1. The fourth-order valence-electron chi connectivity index (χ4n) is 2.06. The Kier molecular flexibility index (Phi) is 5.95. The van der Waals surface area contributed by atoms with Crippen molar-refractivity contribution in [2.45, 2.75) is 44.0 Å². The number of nitrogens with one attached hydrogen (secondary N) is 1. The van der Waals surface area contributed by atoms with Crippen molar-refractivity contribution in [3.8, 4) is 0 Å². The second kappa shape index (κ2) is 6.89. The van der Waals surface area contributed by atoms with Gasteiger partial charge in [0.2, 0.25) is 10.0 Å². The van der Waals surface area contributed by atoms with Crippen molar-refractivity contribution >= 4 is 31.9 Å². The molecule has 0 saturated heterocycles. The van der Waals surface area contributed by atoms with Crippen LogP contribution in [0.25, 0.3) is 0 Å². The zero-order valence-electron chi connectivity index (χ0n) is 12.6. The van der Waals surface area contributed by atoms with Crippen molar-refractivity contribution in [2.24, 2.45) is 0 Å². The van der Waals surface area contributed by atoms with E-state index >= 15 is 0 Å². The largest absolute Gasteiger partial charge is 0.468 e. The molecule has 1 aromatic carbocycles. The number of methoxy groups -OCH3 is 1. The first-order chi connectivity index (χ1) is 9.66. The van der Waals surface area contributed by atoms with Gasteiger partial charge >= 0.3 is 5.97 Å². The highest BCUT2D eigenvalue weighted by molar-refractivity contribution is 9.10. The summed E-state index contributed by atoms with van der Waals surface area (Å²) in [6, 6.07) is 4.71. The summed E-state index contributed by atoms with van der Waals surface area (Å²) in [4.78, 5) is 12.0. The fourth-order valence-corrected chi connectivity index (χ4v) is 3.78. The molecule has 0 aliphatic carbocycles. The molecule has 0 spiro atoms. The summed E-state index contributed by atoms with van der Waals surface area (Å²) >= 11 is 3.33.